The van der Waals surface area contributed by atoms with E-state index in [0.29, 0.717) is 5.92 Å². The predicted molar refractivity (Wildman–Crippen MR) is 57.1 cm³/mol. The van der Waals surface area contributed by atoms with E-state index in [-0.39, 0.29) is 5.75 Å². The molecule has 2 aromatic rings. The van der Waals surface area contributed by atoms with E-state index in [2.05, 4.69) is 10.3 Å². The van der Waals surface area contributed by atoms with Gasteiger partial charge in [0.05, 0.1) is 17.9 Å². The van der Waals surface area contributed by atoms with Crippen LogP contribution in [0, 0.1) is 0 Å². The lowest BCUT2D eigenvalue weighted by molar-refractivity contribution is 0.471. The lowest BCUT2D eigenvalue weighted by Crippen LogP contribution is -2.10. The first-order chi connectivity index (χ1) is 7.34. The number of nitrogens with zero attached hydrogens (tertiary/aromatic N) is 2. The standard InChI is InChI=1S/C11H13N3O/c15-10-2-1-9-6-13-11(14(9)7-10)8-3-4-12-5-8/h1-2,6-8,12,15H,3-5H2. The first-order valence-corrected chi connectivity index (χ1v) is 5.21. The minimum atomic E-state index is 0.285. The number of fused-ring (bicyclic) bond motifs is 1. The Labute approximate surface area is 87.6 Å². The Hall–Kier alpha value is -1.55. The number of aromatic hydroxyl groups is 1. The second-order valence-electron chi connectivity index (χ2n) is 3.99. The van der Waals surface area contributed by atoms with E-state index in [1.165, 1.54) is 0 Å². The van der Waals surface area contributed by atoms with E-state index in [9.17, 15) is 5.11 Å². The van der Waals surface area contributed by atoms with Gasteiger partial charge >= 0.3 is 0 Å². The summed E-state index contributed by atoms with van der Waals surface area (Å²) in [4.78, 5) is 4.43. The van der Waals surface area contributed by atoms with Gasteiger partial charge in [0.25, 0.3) is 0 Å². The highest BCUT2D eigenvalue weighted by molar-refractivity contribution is 5.48. The summed E-state index contributed by atoms with van der Waals surface area (Å²) in [5, 5.41) is 12.8. The Kier molecular flexibility index (Phi) is 1.89. The maximum absolute atomic E-state index is 9.45. The summed E-state index contributed by atoms with van der Waals surface area (Å²) < 4.78 is 1.98. The molecule has 78 valence electrons. The largest absolute Gasteiger partial charge is 0.506 e. The zero-order chi connectivity index (χ0) is 10.3. The molecule has 0 aliphatic carbocycles. The van der Waals surface area contributed by atoms with Crippen LogP contribution in [0.25, 0.3) is 5.52 Å². The molecule has 3 heterocycles. The van der Waals surface area contributed by atoms with Gasteiger partial charge in [0.1, 0.15) is 11.6 Å². The molecular weight excluding hydrogens is 190 g/mol. The Morgan fingerprint density at radius 3 is 3.20 bits per heavy atom. The molecule has 1 aliphatic heterocycles. The molecule has 4 heteroatoms. The third kappa shape index (κ3) is 1.37. The van der Waals surface area contributed by atoms with E-state index in [0.717, 1.165) is 30.9 Å². The van der Waals surface area contributed by atoms with Crippen LogP contribution in [0.4, 0.5) is 0 Å². The van der Waals surface area contributed by atoms with Crippen LogP contribution in [0.2, 0.25) is 0 Å². The van der Waals surface area contributed by atoms with Crippen molar-refractivity contribution in [1.82, 2.24) is 14.7 Å². The van der Waals surface area contributed by atoms with Crippen LogP contribution in [0.1, 0.15) is 18.2 Å². The smallest absolute Gasteiger partial charge is 0.132 e. The van der Waals surface area contributed by atoms with E-state index in [1.807, 2.05) is 16.7 Å². The summed E-state index contributed by atoms with van der Waals surface area (Å²) in [7, 11) is 0. The molecule has 0 radical (unpaired) electrons. The molecular formula is C11H13N3O. The molecule has 1 unspecified atom stereocenters. The van der Waals surface area contributed by atoms with Crippen LogP contribution in [0.15, 0.2) is 24.5 Å². The highest BCUT2D eigenvalue weighted by atomic mass is 16.3. The molecule has 4 nitrogen and oxygen atoms in total. The fourth-order valence-corrected chi connectivity index (χ4v) is 2.18. The molecule has 0 aromatic carbocycles. The van der Waals surface area contributed by atoms with Crippen molar-refractivity contribution in [2.75, 3.05) is 13.1 Å². The molecule has 1 aliphatic rings. The van der Waals surface area contributed by atoms with Gasteiger partial charge in [0.15, 0.2) is 0 Å². The maximum atomic E-state index is 9.45. The molecule has 2 aromatic heterocycles. The minimum absolute atomic E-state index is 0.285. The summed E-state index contributed by atoms with van der Waals surface area (Å²) >= 11 is 0. The lowest BCUT2D eigenvalue weighted by atomic mass is 10.1. The number of imidazole rings is 1. The van der Waals surface area contributed by atoms with Crippen molar-refractivity contribution in [2.45, 2.75) is 12.3 Å². The Balaban J connectivity index is 2.13. The average Bonchev–Trinajstić information content (AvgIpc) is 2.83. The van der Waals surface area contributed by atoms with Gasteiger partial charge in [0.2, 0.25) is 0 Å². The van der Waals surface area contributed by atoms with Gasteiger partial charge in [-0.1, -0.05) is 0 Å². The zero-order valence-electron chi connectivity index (χ0n) is 8.35. The summed E-state index contributed by atoms with van der Waals surface area (Å²) in [6.07, 6.45) is 4.71. The van der Waals surface area contributed by atoms with Crippen LogP contribution in [0.5, 0.6) is 5.75 Å². The summed E-state index contributed by atoms with van der Waals surface area (Å²) in [5.41, 5.74) is 1.04. The predicted octanol–water partition coefficient (Wildman–Crippen LogP) is 1.12. The number of nitrogens with one attached hydrogen (secondary N) is 1. The van der Waals surface area contributed by atoms with Crippen molar-refractivity contribution in [2.24, 2.45) is 0 Å². The minimum Gasteiger partial charge on any atom is -0.506 e. The van der Waals surface area contributed by atoms with Gasteiger partial charge in [-0.25, -0.2) is 4.98 Å². The van der Waals surface area contributed by atoms with Crippen LogP contribution in [-0.4, -0.2) is 27.6 Å². The SMILES string of the molecule is Oc1ccc2cnc(C3CCNC3)n2c1. The fraction of sp³-hybridized carbons (Fsp3) is 0.364. The van der Waals surface area contributed by atoms with Gasteiger partial charge < -0.3 is 10.4 Å². The zero-order valence-corrected chi connectivity index (χ0v) is 8.35. The van der Waals surface area contributed by atoms with Crippen LogP contribution >= 0.6 is 0 Å². The van der Waals surface area contributed by atoms with Crippen molar-refractivity contribution in [3.63, 3.8) is 0 Å². The lowest BCUT2D eigenvalue weighted by Gasteiger charge is -2.07. The second kappa shape index (κ2) is 3.24. The monoisotopic (exact) mass is 203 g/mol. The van der Waals surface area contributed by atoms with E-state index in [4.69, 9.17) is 0 Å². The average molecular weight is 203 g/mol. The van der Waals surface area contributed by atoms with Crippen molar-refractivity contribution in [3.05, 3.63) is 30.4 Å². The van der Waals surface area contributed by atoms with Crippen molar-refractivity contribution in [3.8, 4) is 5.75 Å². The summed E-state index contributed by atoms with van der Waals surface area (Å²) in [5.74, 6) is 1.80. The van der Waals surface area contributed by atoms with Gasteiger partial charge in [0, 0.05) is 12.5 Å². The van der Waals surface area contributed by atoms with Gasteiger partial charge in [-0.3, -0.25) is 4.40 Å². The Morgan fingerprint density at radius 2 is 2.40 bits per heavy atom. The van der Waals surface area contributed by atoms with Crippen LogP contribution in [-0.2, 0) is 0 Å². The van der Waals surface area contributed by atoms with E-state index < -0.39 is 0 Å². The van der Waals surface area contributed by atoms with Crippen molar-refractivity contribution >= 4 is 5.52 Å². The molecule has 0 saturated carbocycles. The third-order valence-corrected chi connectivity index (χ3v) is 2.97. The molecule has 1 atom stereocenters. The third-order valence-electron chi connectivity index (χ3n) is 2.97. The molecule has 0 bridgehead atoms. The Bertz CT molecular complexity index is 486. The molecule has 1 saturated heterocycles. The van der Waals surface area contributed by atoms with E-state index in [1.54, 1.807) is 12.3 Å². The number of aromatic nitrogens is 2. The summed E-state index contributed by atoms with van der Waals surface area (Å²) in [6.45, 7) is 2.03. The topological polar surface area (TPSA) is 49.6 Å². The maximum Gasteiger partial charge on any atom is 0.132 e. The van der Waals surface area contributed by atoms with Crippen molar-refractivity contribution in [1.29, 1.82) is 0 Å². The van der Waals surface area contributed by atoms with E-state index >= 15 is 0 Å². The molecule has 15 heavy (non-hydrogen) atoms. The molecule has 0 spiro atoms. The normalized spacial score (nSPS) is 21.2. The van der Waals surface area contributed by atoms with Crippen LogP contribution < -0.4 is 5.32 Å². The van der Waals surface area contributed by atoms with Crippen molar-refractivity contribution < 1.29 is 5.11 Å². The highest BCUT2D eigenvalue weighted by Gasteiger charge is 2.20. The Morgan fingerprint density at radius 1 is 1.47 bits per heavy atom. The molecule has 1 fully saturated rings. The molecule has 2 N–H and O–H groups in total. The molecule has 3 rings (SSSR count). The molecule has 0 amide bonds. The number of hydrogen-bond acceptors (Lipinski definition) is 3. The number of hydrogen-bond donors (Lipinski definition) is 2. The quantitative estimate of drug-likeness (QED) is 0.730. The van der Waals surface area contributed by atoms with Gasteiger partial charge in [-0.2, -0.15) is 0 Å². The second-order valence-corrected chi connectivity index (χ2v) is 3.99. The first-order valence-electron chi connectivity index (χ1n) is 5.21. The van der Waals surface area contributed by atoms with Gasteiger partial charge in [-0.15, -0.1) is 0 Å². The summed E-state index contributed by atoms with van der Waals surface area (Å²) in [6, 6.07) is 3.57. The van der Waals surface area contributed by atoms with Gasteiger partial charge in [-0.05, 0) is 25.1 Å². The number of pyridine rings is 1. The fourth-order valence-electron chi connectivity index (χ4n) is 2.18. The van der Waals surface area contributed by atoms with Crippen LogP contribution in [0.3, 0.4) is 0 Å². The highest BCUT2D eigenvalue weighted by Crippen LogP contribution is 2.23. The first kappa shape index (κ1) is 8.73. The number of rotatable bonds is 1.